The van der Waals surface area contributed by atoms with Crippen LogP contribution in [0.4, 0.5) is 0 Å². The van der Waals surface area contributed by atoms with Crippen molar-refractivity contribution >= 4 is 35.8 Å². The van der Waals surface area contributed by atoms with Crippen molar-refractivity contribution in [2.45, 2.75) is 118 Å². The minimum Gasteiger partial charge on any atom is -0.550 e. The number of aliphatic carboxylic acids is 1. The molecule has 4 nitrogen and oxygen atoms in total. The SMILES string of the molecule is CCCCCCCCC(=O)[O-].CCCCc1ccc(C(=O)[O-])cc1.[CH2]CCC.[CH2]CCC.[Sn+2]. The number of aromatic carboxylic acids is 1. The van der Waals surface area contributed by atoms with Crippen LogP contribution >= 0.6 is 0 Å². The molecule has 0 saturated heterocycles. The number of rotatable bonds is 13. The molecule has 0 fully saturated rings. The second-order valence-corrected chi connectivity index (χ2v) is 7.68. The Hall–Kier alpha value is -1.04. The van der Waals surface area contributed by atoms with Crippen molar-refractivity contribution in [2.75, 3.05) is 0 Å². The maximum atomic E-state index is 10.4. The minimum atomic E-state index is -1.11. The zero-order valence-corrected chi connectivity index (χ0v) is 24.6. The Kier molecular flexibility index (Phi) is 39.3. The van der Waals surface area contributed by atoms with Gasteiger partial charge < -0.3 is 19.8 Å². The van der Waals surface area contributed by atoms with Crippen molar-refractivity contribution in [1.82, 2.24) is 0 Å². The number of hydrogen-bond donors (Lipinski definition) is 0. The molecular formula is C28H48O4Sn. The van der Waals surface area contributed by atoms with Gasteiger partial charge in [-0.2, -0.15) is 0 Å². The predicted octanol–water partition coefficient (Wildman–Crippen LogP) is 5.74. The van der Waals surface area contributed by atoms with E-state index in [1.165, 1.54) is 44.1 Å². The number of hydrogen-bond acceptors (Lipinski definition) is 4. The fourth-order valence-corrected chi connectivity index (χ4v) is 2.24. The van der Waals surface area contributed by atoms with Gasteiger partial charge in [-0.15, -0.1) is 0 Å². The molecule has 1 aromatic carbocycles. The summed E-state index contributed by atoms with van der Waals surface area (Å²) in [5.41, 5.74) is 1.44. The second kappa shape index (κ2) is 33.1. The van der Waals surface area contributed by atoms with Gasteiger partial charge in [0.15, 0.2) is 0 Å². The molecule has 0 heterocycles. The zero-order chi connectivity index (χ0) is 25.0. The first-order valence-electron chi connectivity index (χ1n) is 12.4. The van der Waals surface area contributed by atoms with Gasteiger partial charge in [-0.05, 0) is 36.8 Å². The topological polar surface area (TPSA) is 80.3 Å². The molecular weight excluding hydrogens is 519 g/mol. The van der Waals surface area contributed by atoms with Crippen molar-refractivity contribution in [3.05, 3.63) is 49.2 Å². The van der Waals surface area contributed by atoms with E-state index in [0.717, 1.165) is 44.9 Å². The van der Waals surface area contributed by atoms with Gasteiger partial charge in [-0.3, -0.25) is 0 Å². The number of benzene rings is 1. The molecule has 4 radical (unpaired) electrons. The fraction of sp³-hybridized carbons (Fsp3) is 0.643. The average Bonchev–Trinajstić information content (AvgIpc) is 2.80. The molecule has 0 aliphatic rings. The average molecular weight is 567 g/mol. The van der Waals surface area contributed by atoms with E-state index in [0.29, 0.717) is 0 Å². The monoisotopic (exact) mass is 568 g/mol. The summed E-state index contributed by atoms with van der Waals surface area (Å²) in [6.45, 7) is 15.7. The molecule has 0 aliphatic heterocycles. The molecule has 1 rings (SSSR count). The maximum Gasteiger partial charge on any atom is 2.00 e. The van der Waals surface area contributed by atoms with Crippen molar-refractivity contribution < 1.29 is 19.8 Å². The van der Waals surface area contributed by atoms with Crippen LogP contribution in [0.25, 0.3) is 0 Å². The molecule has 33 heavy (non-hydrogen) atoms. The number of carbonyl (C=O) groups excluding carboxylic acids is 2. The Morgan fingerprint density at radius 1 is 0.697 bits per heavy atom. The van der Waals surface area contributed by atoms with E-state index in [-0.39, 0.29) is 35.9 Å². The standard InChI is InChI=1S/C11H14O2.C9H18O2.2C4H9.Sn/c1-2-3-4-9-5-7-10(8-6-9)11(12)13;1-2-3-4-5-6-7-8-9(10)11;2*1-3-4-2;/h5-8H,2-4H2,1H3,(H,12,13);2-8H2,1H3,(H,10,11);2*1,3-4H2,2H3;/q;;;;+2/p-2. The third-order valence-electron chi connectivity index (χ3n) is 4.45. The molecule has 1 aromatic rings. The first-order valence-corrected chi connectivity index (χ1v) is 12.4. The minimum absolute atomic E-state index is 0. The Morgan fingerprint density at radius 3 is 1.48 bits per heavy atom. The van der Waals surface area contributed by atoms with Crippen LogP contribution in [0, 0.1) is 13.8 Å². The van der Waals surface area contributed by atoms with Gasteiger partial charge in [0.2, 0.25) is 0 Å². The molecule has 0 aliphatic carbocycles. The molecule has 0 amide bonds. The van der Waals surface area contributed by atoms with Crippen LogP contribution in [0.5, 0.6) is 0 Å². The van der Waals surface area contributed by atoms with Crippen molar-refractivity contribution in [3.8, 4) is 0 Å². The fourth-order valence-electron chi connectivity index (χ4n) is 2.24. The summed E-state index contributed by atoms with van der Waals surface area (Å²) in [5.74, 6) is -2.03. The van der Waals surface area contributed by atoms with Crippen molar-refractivity contribution in [2.24, 2.45) is 0 Å². The molecule has 0 saturated carbocycles. The third-order valence-corrected chi connectivity index (χ3v) is 4.45. The van der Waals surface area contributed by atoms with Crippen molar-refractivity contribution in [3.63, 3.8) is 0 Å². The van der Waals surface area contributed by atoms with Crippen LogP contribution in [-0.2, 0) is 11.2 Å². The number of carbonyl (C=O) groups is 2. The van der Waals surface area contributed by atoms with Gasteiger partial charge in [-0.1, -0.05) is 130 Å². The van der Waals surface area contributed by atoms with E-state index >= 15 is 0 Å². The molecule has 0 atom stereocenters. The predicted molar refractivity (Wildman–Crippen MR) is 139 cm³/mol. The molecule has 0 bridgehead atoms. The molecule has 5 heteroatoms. The molecule has 0 N–H and O–H groups in total. The largest absolute Gasteiger partial charge is 2.00 e. The molecule has 0 spiro atoms. The maximum absolute atomic E-state index is 10.4. The summed E-state index contributed by atoms with van der Waals surface area (Å²) in [7, 11) is 0. The van der Waals surface area contributed by atoms with E-state index in [9.17, 15) is 19.8 Å². The summed E-state index contributed by atoms with van der Waals surface area (Å²) in [5, 5.41) is 20.4. The Labute approximate surface area is 221 Å². The first-order chi connectivity index (χ1) is 15.3. The van der Waals surface area contributed by atoms with Crippen LogP contribution < -0.4 is 10.2 Å². The molecule has 0 unspecified atom stereocenters. The van der Waals surface area contributed by atoms with E-state index in [4.69, 9.17) is 0 Å². The van der Waals surface area contributed by atoms with Crippen molar-refractivity contribution in [1.29, 1.82) is 0 Å². The van der Waals surface area contributed by atoms with Gasteiger partial charge in [-0.25, -0.2) is 0 Å². The summed E-state index contributed by atoms with van der Waals surface area (Å²) >= 11 is 0. The van der Waals surface area contributed by atoms with Crippen LogP contribution in [0.15, 0.2) is 24.3 Å². The third kappa shape index (κ3) is 35.7. The van der Waals surface area contributed by atoms with Crippen LogP contribution in [-0.4, -0.2) is 35.8 Å². The number of carboxylic acid groups (broad SMARTS) is 2. The Bertz CT molecular complexity index is 507. The van der Waals surface area contributed by atoms with Gasteiger partial charge in [0, 0.05) is 5.97 Å². The number of aryl methyl sites for hydroxylation is 1. The smallest absolute Gasteiger partial charge is 0.550 e. The quantitative estimate of drug-likeness (QED) is 0.225. The summed E-state index contributed by atoms with van der Waals surface area (Å²) in [6, 6.07) is 6.89. The molecule has 0 aromatic heterocycles. The van der Waals surface area contributed by atoms with E-state index in [1.54, 1.807) is 12.1 Å². The second-order valence-electron chi connectivity index (χ2n) is 7.68. The van der Waals surface area contributed by atoms with E-state index in [2.05, 4.69) is 41.5 Å². The van der Waals surface area contributed by atoms with Gasteiger partial charge in [0.05, 0.1) is 5.97 Å². The summed E-state index contributed by atoms with van der Waals surface area (Å²) < 4.78 is 0. The van der Waals surface area contributed by atoms with Gasteiger partial charge >= 0.3 is 23.9 Å². The summed E-state index contributed by atoms with van der Waals surface area (Å²) in [4.78, 5) is 20.4. The van der Waals surface area contributed by atoms with E-state index < -0.39 is 11.9 Å². The normalized spacial score (nSPS) is 9.03. The zero-order valence-electron chi connectivity index (χ0n) is 21.8. The van der Waals surface area contributed by atoms with Crippen LogP contribution in [0.3, 0.4) is 0 Å². The van der Waals surface area contributed by atoms with Crippen LogP contribution in [0.1, 0.15) is 127 Å². The van der Waals surface area contributed by atoms with E-state index in [1.807, 2.05) is 12.1 Å². The van der Waals surface area contributed by atoms with Gasteiger partial charge in [0.25, 0.3) is 0 Å². The Balaban J connectivity index is -0.000000190. The number of unbranched alkanes of at least 4 members (excludes halogenated alkanes) is 8. The van der Waals surface area contributed by atoms with Crippen LogP contribution in [0.2, 0.25) is 0 Å². The molecule has 188 valence electrons. The first kappa shape index (κ1) is 39.2. The van der Waals surface area contributed by atoms with Gasteiger partial charge in [0.1, 0.15) is 0 Å². The summed E-state index contributed by atoms with van der Waals surface area (Å²) in [6.07, 6.45) is 14.8. The number of carboxylic acids is 2. The Morgan fingerprint density at radius 2 is 1.12 bits per heavy atom.